The van der Waals surface area contributed by atoms with Crippen LogP contribution in [0.2, 0.25) is 0 Å². The van der Waals surface area contributed by atoms with Crippen LogP contribution in [0.5, 0.6) is 0 Å². The van der Waals surface area contributed by atoms with Gasteiger partial charge in [-0.05, 0) is 43.5 Å². The van der Waals surface area contributed by atoms with Crippen molar-refractivity contribution in [2.24, 2.45) is 10.7 Å². The first-order valence-electron chi connectivity index (χ1n) is 8.57. The molecule has 0 radical (unpaired) electrons. The van der Waals surface area contributed by atoms with Crippen LogP contribution in [0.3, 0.4) is 0 Å². The van der Waals surface area contributed by atoms with Crippen LogP contribution < -0.4 is 22.1 Å². The zero-order valence-corrected chi connectivity index (χ0v) is 16.8. The fraction of sp³-hybridized carbons (Fsp3) is 0.389. The number of aryl methyl sites for hydroxylation is 2. The van der Waals surface area contributed by atoms with E-state index in [0.29, 0.717) is 28.7 Å². The van der Waals surface area contributed by atoms with Gasteiger partial charge in [0.25, 0.3) is 0 Å². The zero-order valence-electron chi connectivity index (χ0n) is 15.2. The lowest BCUT2D eigenvalue weighted by Crippen LogP contribution is -2.44. The monoisotopic (exact) mass is 390 g/mol. The number of anilines is 1. The molecule has 0 amide bonds. The van der Waals surface area contributed by atoms with Crippen molar-refractivity contribution in [1.82, 2.24) is 15.6 Å². The minimum Gasteiger partial charge on any atom is -0.375 e. The summed E-state index contributed by atoms with van der Waals surface area (Å²) in [6.07, 6.45) is 1.78. The molecule has 2 aromatic rings. The van der Waals surface area contributed by atoms with Gasteiger partial charge in [0.2, 0.25) is 0 Å². The van der Waals surface area contributed by atoms with E-state index in [4.69, 9.17) is 23.7 Å². The normalized spacial score (nSPS) is 12.6. The predicted molar refractivity (Wildman–Crippen MR) is 115 cm³/mol. The van der Waals surface area contributed by atoms with Crippen molar-refractivity contribution >= 4 is 39.8 Å². The lowest BCUT2D eigenvalue weighted by atomic mass is 10.0. The van der Waals surface area contributed by atoms with Crippen molar-refractivity contribution in [3.63, 3.8) is 0 Å². The molecule has 2 rings (SSSR count). The highest BCUT2D eigenvalue weighted by Gasteiger charge is 2.07. The molecular weight excluding hydrogens is 364 g/mol. The summed E-state index contributed by atoms with van der Waals surface area (Å²) in [6.45, 7) is 5.48. The molecule has 6 nitrogen and oxygen atoms in total. The minimum absolute atomic E-state index is 0.329. The number of aliphatic imine (C=N–C) groups is 1. The van der Waals surface area contributed by atoms with Gasteiger partial charge in [0.1, 0.15) is 0 Å². The highest BCUT2D eigenvalue weighted by atomic mass is 32.1. The van der Waals surface area contributed by atoms with Crippen LogP contribution in [-0.2, 0) is 6.42 Å². The molecule has 0 saturated heterocycles. The second-order valence-electron chi connectivity index (χ2n) is 6.08. The number of nitrogen functional groups attached to an aromatic ring is 1. The first kappa shape index (κ1) is 20.1. The molecule has 1 heterocycles. The van der Waals surface area contributed by atoms with E-state index in [9.17, 15) is 0 Å². The summed E-state index contributed by atoms with van der Waals surface area (Å²) in [7, 11) is 0. The van der Waals surface area contributed by atoms with E-state index in [-0.39, 0.29) is 0 Å². The number of thiazole rings is 1. The molecule has 140 valence electrons. The lowest BCUT2D eigenvalue weighted by molar-refractivity contribution is 0.718. The first-order valence-corrected chi connectivity index (χ1v) is 9.79. The van der Waals surface area contributed by atoms with Crippen LogP contribution in [-0.4, -0.2) is 29.1 Å². The predicted octanol–water partition coefficient (Wildman–Crippen LogP) is 2.55. The van der Waals surface area contributed by atoms with Crippen LogP contribution in [0.25, 0.3) is 0 Å². The van der Waals surface area contributed by atoms with E-state index in [1.807, 2.05) is 25.1 Å². The Kier molecular flexibility index (Phi) is 7.80. The smallest absolute Gasteiger partial charge is 0.194 e. The SMILES string of the molecule is Cc1nc(N)sc1CCCN=C(N)NC(=S)NC[C@@H](C)c1ccccc1. The van der Waals surface area contributed by atoms with Crippen LogP contribution in [0, 0.1) is 6.92 Å². The third-order valence-corrected chi connectivity index (χ3v) is 5.23. The summed E-state index contributed by atoms with van der Waals surface area (Å²) in [5.41, 5.74) is 13.9. The minimum atomic E-state index is 0.329. The van der Waals surface area contributed by atoms with Gasteiger partial charge in [0.15, 0.2) is 16.2 Å². The molecule has 0 unspecified atom stereocenters. The number of nitrogens with two attached hydrogens (primary N) is 2. The van der Waals surface area contributed by atoms with Gasteiger partial charge in [-0.3, -0.25) is 4.99 Å². The standard InChI is InChI=1S/C18H26N6S2/c1-12(14-7-4-3-5-8-14)11-22-18(25)24-16(19)21-10-6-9-15-13(2)23-17(20)26-15/h3-5,7-8,12H,6,9-11H2,1-2H3,(H2,20,23)(H4,19,21,22,24,25)/t12-/m1/s1. The molecule has 1 aromatic heterocycles. The molecule has 1 aromatic carbocycles. The molecule has 0 aliphatic rings. The van der Waals surface area contributed by atoms with E-state index in [1.165, 1.54) is 21.8 Å². The van der Waals surface area contributed by atoms with Gasteiger partial charge in [-0.25, -0.2) is 4.98 Å². The number of nitrogens with zero attached hydrogens (tertiary/aromatic N) is 2. The third-order valence-electron chi connectivity index (χ3n) is 3.93. The zero-order chi connectivity index (χ0) is 18.9. The largest absolute Gasteiger partial charge is 0.375 e. The summed E-state index contributed by atoms with van der Waals surface area (Å²) in [5, 5.41) is 7.20. The number of aromatic nitrogens is 1. The van der Waals surface area contributed by atoms with Crippen LogP contribution >= 0.6 is 23.6 Å². The van der Waals surface area contributed by atoms with Gasteiger partial charge < -0.3 is 22.1 Å². The number of rotatable bonds is 7. The van der Waals surface area contributed by atoms with Crippen LogP contribution in [0.1, 0.15) is 35.4 Å². The molecule has 0 aliphatic carbocycles. The van der Waals surface area contributed by atoms with E-state index in [1.54, 1.807) is 0 Å². The second kappa shape index (κ2) is 10.1. The van der Waals surface area contributed by atoms with Gasteiger partial charge in [-0.2, -0.15) is 0 Å². The Labute approximate surface area is 164 Å². The van der Waals surface area contributed by atoms with Crippen LogP contribution in [0.4, 0.5) is 5.13 Å². The van der Waals surface area contributed by atoms with Gasteiger partial charge in [0.05, 0.1) is 5.69 Å². The van der Waals surface area contributed by atoms with Crippen molar-refractivity contribution in [1.29, 1.82) is 0 Å². The summed E-state index contributed by atoms with van der Waals surface area (Å²) < 4.78 is 0. The molecule has 6 N–H and O–H groups in total. The first-order chi connectivity index (χ1) is 12.5. The maximum Gasteiger partial charge on any atom is 0.194 e. The summed E-state index contributed by atoms with van der Waals surface area (Å²) >= 11 is 6.80. The van der Waals surface area contributed by atoms with Crippen molar-refractivity contribution in [3.05, 3.63) is 46.5 Å². The topological polar surface area (TPSA) is 101 Å². The number of hydrogen-bond acceptors (Lipinski definition) is 5. The molecular formula is C18H26N6S2. The van der Waals surface area contributed by atoms with E-state index < -0.39 is 0 Å². The Hall–Kier alpha value is -2.19. The molecule has 0 spiro atoms. The third kappa shape index (κ3) is 6.61. The van der Waals surface area contributed by atoms with Gasteiger partial charge in [0, 0.05) is 18.0 Å². The highest BCUT2D eigenvalue weighted by Crippen LogP contribution is 2.20. The molecule has 8 heteroatoms. The molecule has 0 aliphatic heterocycles. The summed E-state index contributed by atoms with van der Waals surface area (Å²) in [6, 6.07) is 10.3. The number of guanidine groups is 1. The summed E-state index contributed by atoms with van der Waals surface area (Å²) in [4.78, 5) is 9.73. The van der Waals surface area contributed by atoms with Crippen LogP contribution in [0.15, 0.2) is 35.3 Å². The van der Waals surface area contributed by atoms with Gasteiger partial charge in [-0.15, -0.1) is 11.3 Å². The number of benzene rings is 1. The average molecular weight is 391 g/mol. The number of nitrogens with one attached hydrogen (secondary N) is 2. The Morgan fingerprint density at radius 2 is 2.08 bits per heavy atom. The Morgan fingerprint density at radius 3 is 2.73 bits per heavy atom. The van der Waals surface area contributed by atoms with Gasteiger partial charge in [-0.1, -0.05) is 37.3 Å². The van der Waals surface area contributed by atoms with Crippen molar-refractivity contribution in [2.45, 2.75) is 32.6 Å². The maximum absolute atomic E-state index is 5.89. The van der Waals surface area contributed by atoms with Crippen molar-refractivity contribution in [2.75, 3.05) is 18.8 Å². The lowest BCUT2D eigenvalue weighted by Gasteiger charge is -2.15. The molecule has 0 saturated carbocycles. The van der Waals surface area contributed by atoms with Crippen molar-refractivity contribution in [3.8, 4) is 0 Å². The van der Waals surface area contributed by atoms with Gasteiger partial charge >= 0.3 is 0 Å². The Bertz CT molecular complexity index is 741. The van der Waals surface area contributed by atoms with Crippen molar-refractivity contribution < 1.29 is 0 Å². The highest BCUT2D eigenvalue weighted by molar-refractivity contribution is 7.80. The fourth-order valence-corrected chi connectivity index (χ4v) is 3.53. The fourth-order valence-electron chi connectivity index (χ4n) is 2.47. The van der Waals surface area contributed by atoms with E-state index in [2.05, 4.69) is 39.7 Å². The van der Waals surface area contributed by atoms with E-state index in [0.717, 1.165) is 25.1 Å². The molecule has 1 atom stereocenters. The number of thiocarbonyl (C=S) groups is 1. The molecule has 0 fully saturated rings. The number of hydrogen-bond donors (Lipinski definition) is 4. The second-order valence-corrected chi connectivity index (χ2v) is 7.60. The summed E-state index contributed by atoms with van der Waals surface area (Å²) in [5.74, 6) is 0.680. The quantitative estimate of drug-likeness (QED) is 0.251. The Balaban J connectivity index is 1.67. The van der Waals surface area contributed by atoms with E-state index >= 15 is 0 Å². The molecule has 26 heavy (non-hydrogen) atoms. The average Bonchev–Trinajstić information content (AvgIpc) is 2.94. The Morgan fingerprint density at radius 1 is 1.35 bits per heavy atom. The maximum atomic E-state index is 5.89. The molecule has 0 bridgehead atoms.